The molecule has 0 saturated heterocycles. The van der Waals surface area contributed by atoms with Crippen molar-refractivity contribution in [1.29, 1.82) is 0 Å². The van der Waals surface area contributed by atoms with Crippen LogP contribution in [0, 0.1) is 0 Å². The Morgan fingerprint density at radius 3 is 1.09 bits per heavy atom. The molecule has 0 spiro atoms. The van der Waals surface area contributed by atoms with Crippen molar-refractivity contribution >= 4 is 7.12 Å². The Hall–Kier alpha value is -0.365. The molecule has 0 aromatic rings. The first-order chi connectivity index (χ1) is 4.69. The van der Waals surface area contributed by atoms with Crippen LogP contribution < -0.4 is 0 Å². The zero-order valence-corrected chi connectivity index (χ0v) is 4.86. The third-order valence-corrected chi connectivity index (χ3v) is 1.60. The Morgan fingerprint density at radius 1 is 0.818 bits per heavy atom. The number of hydrogen-bond acceptors (Lipinski definition) is 2. The van der Waals surface area contributed by atoms with Crippen LogP contribution in [0.15, 0.2) is 0 Å². The molecule has 1 rings (SSSR count). The molecule has 8 heteroatoms. The van der Waals surface area contributed by atoms with Crippen LogP contribution in [0.5, 0.6) is 0 Å². The van der Waals surface area contributed by atoms with Crippen LogP contribution in [0.2, 0.25) is 0 Å². The Balaban J connectivity index is 2.96. The van der Waals surface area contributed by atoms with Gasteiger partial charge in [0.25, 0.3) is 5.57 Å². The van der Waals surface area contributed by atoms with Crippen molar-refractivity contribution in [3.05, 3.63) is 0 Å². The lowest BCUT2D eigenvalue weighted by atomic mass is 9.80. The second kappa shape index (κ2) is 1.69. The largest absolute Gasteiger partial charge is 0.506 e. The van der Waals surface area contributed by atoms with Gasteiger partial charge in [-0.2, -0.15) is 17.6 Å². The SMILES string of the molecule is OB(O)C1(F)C(F)(F)C1(F)F. The number of rotatable bonds is 1. The van der Waals surface area contributed by atoms with Gasteiger partial charge in [0.1, 0.15) is 0 Å². The highest BCUT2D eigenvalue weighted by molar-refractivity contribution is 6.48. The average molecular weight is 176 g/mol. The predicted octanol–water partition coefficient (Wildman–Crippen LogP) is -0.00910. The van der Waals surface area contributed by atoms with Crippen LogP contribution in [0.4, 0.5) is 22.0 Å². The quantitative estimate of drug-likeness (QED) is 0.435. The Bertz CT molecular complexity index is 178. The van der Waals surface area contributed by atoms with E-state index in [1.807, 2.05) is 0 Å². The van der Waals surface area contributed by atoms with E-state index in [9.17, 15) is 22.0 Å². The van der Waals surface area contributed by atoms with Gasteiger partial charge in [0.15, 0.2) is 0 Å². The van der Waals surface area contributed by atoms with Crippen molar-refractivity contribution in [2.24, 2.45) is 0 Å². The molecular formula is C3H2BF5O2. The molecule has 0 aromatic heterocycles. The van der Waals surface area contributed by atoms with Gasteiger partial charge in [-0.25, -0.2) is 4.39 Å². The van der Waals surface area contributed by atoms with Crippen LogP contribution in [-0.4, -0.2) is 34.6 Å². The summed E-state index contributed by atoms with van der Waals surface area (Å²) < 4.78 is 59.2. The summed E-state index contributed by atoms with van der Waals surface area (Å²) in [6.07, 6.45) is 0. The minimum atomic E-state index is -4.98. The van der Waals surface area contributed by atoms with Crippen molar-refractivity contribution in [3.8, 4) is 0 Å². The van der Waals surface area contributed by atoms with Gasteiger partial charge in [0, 0.05) is 0 Å². The molecule has 0 unspecified atom stereocenters. The minimum Gasteiger partial charge on any atom is -0.425 e. The third-order valence-electron chi connectivity index (χ3n) is 1.60. The lowest BCUT2D eigenvalue weighted by molar-refractivity contribution is -0.0278. The van der Waals surface area contributed by atoms with Crippen molar-refractivity contribution < 1.29 is 32.0 Å². The van der Waals surface area contributed by atoms with E-state index in [0.29, 0.717) is 0 Å². The molecule has 0 aliphatic heterocycles. The van der Waals surface area contributed by atoms with Gasteiger partial charge in [-0.3, -0.25) is 0 Å². The van der Waals surface area contributed by atoms with Gasteiger partial charge in [-0.15, -0.1) is 0 Å². The molecule has 0 heterocycles. The van der Waals surface area contributed by atoms with E-state index in [1.165, 1.54) is 0 Å². The molecule has 0 bridgehead atoms. The highest BCUT2D eigenvalue weighted by atomic mass is 19.3. The molecule has 1 fully saturated rings. The summed E-state index contributed by atoms with van der Waals surface area (Å²) in [6, 6.07) is 0. The van der Waals surface area contributed by atoms with Crippen molar-refractivity contribution in [1.82, 2.24) is 0 Å². The normalized spacial score (nSPS) is 29.7. The maximum absolute atomic E-state index is 12.2. The van der Waals surface area contributed by atoms with E-state index >= 15 is 0 Å². The Kier molecular flexibility index (Phi) is 1.34. The van der Waals surface area contributed by atoms with Crippen LogP contribution >= 0.6 is 0 Å². The predicted molar refractivity (Wildman–Crippen MR) is 23.9 cm³/mol. The average Bonchev–Trinajstić information content (AvgIpc) is 2.11. The molecular weight excluding hydrogens is 174 g/mol. The molecule has 64 valence electrons. The molecule has 11 heavy (non-hydrogen) atoms. The van der Waals surface area contributed by atoms with Crippen LogP contribution in [0.25, 0.3) is 0 Å². The number of halogens is 5. The van der Waals surface area contributed by atoms with E-state index in [1.54, 1.807) is 0 Å². The van der Waals surface area contributed by atoms with Crippen LogP contribution in [0.3, 0.4) is 0 Å². The van der Waals surface area contributed by atoms with Crippen LogP contribution in [-0.2, 0) is 0 Å². The molecule has 1 saturated carbocycles. The summed E-state index contributed by atoms with van der Waals surface area (Å²) in [5, 5.41) is 15.7. The first-order valence-corrected chi connectivity index (χ1v) is 2.50. The van der Waals surface area contributed by atoms with E-state index in [2.05, 4.69) is 0 Å². The van der Waals surface area contributed by atoms with Gasteiger partial charge >= 0.3 is 19.0 Å². The maximum Gasteiger partial charge on any atom is 0.506 e. The molecule has 0 atom stereocenters. The Morgan fingerprint density at radius 2 is 1.09 bits per heavy atom. The molecule has 2 N–H and O–H groups in total. The standard InChI is InChI=1S/C3H2BF5O2/c5-1(4(10)11)2(6,7)3(1,8)9/h10-11H. The fourth-order valence-corrected chi connectivity index (χ4v) is 0.730. The van der Waals surface area contributed by atoms with Gasteiger partial charge < -0.3 is 10.0 Å². The first-order valence-electron chi connectivity index (χ1n) is 2.50. The zero-order chi connectivity index (χ0) is 9.08. The second-order valence-electron chi connectivity index (χ2n) is 2.23. The second-order valence-corrected chi connectivity index (χ2v) is 2.23. The first kappa shape index (κ1) is 8.73. The van der Waals surface area contributed by atoms with E-state index in [0.717, 1.165) is 0 Å². The Labute approximate surface area is 57.8 Å². The summed E-state index contributed by atoms with van der Waals surface area (Å²) in [6.45, 7) is 0. The molecule has 1 aliphatic rings. The molecule has 0 radical (unpaired) electrons. The molecule has 1 aliphatic carbocycles. The summed E-state index contributed by atoms with van der Waals surface area (Å²) in [4.78, 5) is 0. The van der Waals surface area contributed by atoms with E-state index in [4.69, 9.17) is 10.0 Å². The summed E-state index contributed by atoms with van der Waals surface area (Å²) >= 11 is 0. The number of hydrogen-bond donors (Lipinski definition) is 2. The fraction of sp³-hybridized carbons (Fsp3) is 1.00. The summed E-state index contributed by atoms with van der Waals surface area (Å²) in [5.41, 5.74) is -4.51. The van der Waals surface area contributed by atoms with Gasteiger partial charge in [-0.05, 0) is 0 Å². The smallest absolute Gasteiger partial charge is 0.425 e. The lowest BCUT2D eigenvalue weighted by Crippen LogP contribution is -2.36. The molecule has 0 amide bonds. The highest BCUT2D eigenvalue weighted by Crippen LogP contribution is 2.68. The fourth-order valence-electron chi connectivity index (χ4n) is 0.730. The summed E-state index contributed by atoms with van der Waals surface area (Å²) in [7, 11) is -3.37. The van der Waals surface area contributed by atoms with Gasteiger partial charge in [-0.1, -0.05) is 0 Å². The zero-order valence-electron chi connectivity index (χ0n) is 4.86. The molecule has 0 aromatic carbocycles. The van der Waals surface area contributed by atoms with Gasteiger partial charge in [0.05, 0.1) is 0 Å². The third kappa shape index (κ3) is 0.598. The van der Waals surface area contributed by atoms with Crippen molar-refractivity contribution in [2.45, 2.75) is 17.4 Å². The van der Waals surface area contributed by atoms with E-state index < -0.39 is 24.5 Å². The monoisotopic (exact) mass is 176 g/mol. The van der Waals surface area contributed by atoms with E-state index in [-0.39, 0.29) is 0 Å². The summed E-state index contributed by atoms with van der Waals surface area (Å²) in [5.74, 6) is -9.96. The topological polar surface area (TPSA) is 40.5 Å². The minimum absolute atomic E-state index is 3.37. The van der Waals surface area contributed by atoms with Crippen LogP contribution in [0.1, 0.15) is 0 Å². The molecule has 2 nitrogen and oxygen atoms in total. The maximum atomic E-state index is 12.2. The van der Waals surface area contributed by atoms with Crippen molar-refractivity contribution in [3.63, 3.8) is 0 Å². The van der Waals surface area contributed by atoms with Gasteiger partial charge in [0.2, 0.25) is 0 Å². The lowest BCUT2D eigenvalue weighted by Gasteiger charge is -1.99. The highest BCUT2D eigenvalue weighted by Gasteiger charge is 3.02. The van der Waals surface area contributed by atoms with Crippen molar-refractivity contribution in [2.75, 3.05) is 0 Å². The number of alkyl halides is 5.